The second-order valence-corrected chi connectivity index (χ2v) is 6.75. The van der Waals surface area contributed by atoms with Crippen LogP contribution in [-0.4, -0.2) is 21.4 Å². The Morgan fingerprint density at radius 1 is 0.938 bits per heavy atom. The number of aromatic nitrogens is 2. The van der Waals surface area contributed by atoms with Gasteiger partial charge in [-0.05, 0) is 29.8 Å². The standard InChI is InChI=1S/C23H19N5O4/c29-21(27-26-18-9-5-2-6-10-18)17-11-12-20-24-13-19(22(30)28(20)14-17)25-23(31)32-15-16-7-3-1-4-8-16/h1-14,26H,15H2,(H,25,31)(H,27,29). The van der Waals surface area contributed by atoms with Gasteiger partial charge in [-0.1, -0.05) is 48.5 Å². The SMILES string of the molecule is O=C(Nc1cnc2ccc(C(=O)NNc3ccccc3)cn2c1=O)OCc1ccccc1. The van der Waals surface area contributed by atoms with Gasteiger partial charge in [0.25, 0.3) is 11.5 Å². The van der Waals surface area contributed by atoms with E-state index in [4.69, 9.17) is 4.74 Å². The number of carbonyl (C=O) groups is 2. The molecule has 9 heteroatoms. The topological polar surface area (TPSA) is 114 Å². The summed E-state index contributed by atoms with van der Waals surface area (Å²) in [5.41, 5.74) is 6.83. The number of rotatable bonds is 6. The average molecular weight is 429 g/mol. The van der Waals surface area contributed by atoms with Crippen LogP contribution in [0.3, 0.4) is 0 Å². The fourth-order valence-electron chi connectivity index (χ4n) is 2.89. The van der Waals surface area contributed by atoms with Crippen LogP contribution in [-0.2, 0) is 11.3 Å². The molecule has 0 spiro atoms. The van der Waals surface area contributed by atoms with E-state index < -0.39 is 17.6 Å². The maximum Gasteiger partial charge on any atom is 0.412 e. The van der Waals surface area contributed by atoms with Gasteiger partial charge in [0.1, 0.15) is 17.9 Å². The Kier molecular flexibility index (Phi) is 6.08. The summed E-state index contributed by atoms with van der Waals surface area (Å²) in [4.78, 5) is 41.5. The number of ether oxygens (including phenoxy) is 1. The molecule has 160 valence electrons. The largest absolute Gasteiger partial charge is 0.444 e. The summed E-state index contributed by atoms with van der Waals surface area (Å²) in [7, 11) is 0. The van der Waals surface area contributed by atoms with E-state index in [0.717, 1.165) is 5.56 Å². The smallest absolute Gasteiger partial charge is 0.412 e. The molecule has 4 aromatic rings. The van der Waals surface area contributed by atoms with Crippen LogP contribution in [0.1, 0.15) is 15.9 Å². The number of fused-ring (bicyclic) bond motifs is 1. The first kappa shape index (κ1) is 20.6. The van der Waals surface area contributed by atoms with Gasteiger partial charge in [0, 0.05) is 6.20 Å². The van der Waals surface area contributed by atoms with Gasteiger partial charge >= 0.3 is 6.09 Å². The highest BCUT2D eigenvalue weighted by atomic mass is 16.5. The highest BCUT2D eigenvalue weighted by Crippen LogP contribution is 2.08. The fraction of sp³-hybridized carbons (Fsp3) is 0.0435. The van der Waals surface area contributed by atoms with E-state index in [1.54, 1.807) is 18.2 Å². The Hall–Kier alpha value is -4.66. The van der Waals surface area contributed by atoms with Gasteiger partial charge in [0.2, 0.25) is 0 Å². The molecule has 2 amide bonds. The molecule has 9 nitrogen and oxygen atoms in total. The molecule has 4 rings (SSSR count). The van der Waals surface area contributed by atoms with Crippen LogP contribution >= 0.6 is 0 Å². The van der Waals surface area contributed by atoms with E-state index >= 15 is 0 Å². The summed E-state index contributed by atoms with van der Waals surface area (Å²) in [6.45, 7) is 0.0632. The van der Waals surface area contributed by atoms with E-state index in [-0.39, 0.29) is 17.9 Å². The number of carbonyl (C=O) groups excluding carboxylic acids is 2. The molecule has 0 bridgehead atoms. The van der Waals surface area contributed by atoms with Crippen molar-refractivity contribution in [3.05, 3.63) is 107 Å². The Morgan fingerprint density at radius 3 is 2.41 bits per heavy atom. The third-order valence-electron chi connectivity index (χ3n) is 4.51. The number of nitrogens with zero attached hydrogens (tertiary/aromatic N) is 2. The van der Waals surface area contributed by atoms with E-state index in [9.17, 15) is 14.4 Å². The van der Waals surface area contributed by atoms with Crippen LogP contribution in [0, 0.1) is 0 Å². The summed E-state index contributed by atoms with van der Waals surface area (Å²) >= 11 is 0. The monoisotopic (exact) mass is 429 g/mol. The lowest BCUT2D eigenvalue weighted by molar-refractivity contribution is 0.0962. The summed E-state index contributed by atoms with van der Waals surface area (Å²) in [6, 6.07) is 21.4. The number of benzene rings is 2. The number of para-hydroxylation sites is 1. The summed E-state index contributed by atoms with van der Waals surface area (Å²) in [6.07, 6.45) is 1.82. The van der Waals surface area contributed by atoms with E-state index in [1.165, 1.54) is 22.9 Å². The molecular formula is C23H19N5O4. The molecule has 0 saturated carbocycles. The number of nitrogens with one attached hydrogen (secondary N) is 3. The first-order chi connectivity index (χ1) is 15.6. The molecule has 0 fully saturated rings. The molecule has 32 heavy (non-hydrogen) atoms. The molecule has 0 aliphatic carbocycles. The van der Waals surface area contributed by atoms with Crippen molar-refractivity contribution in [3.63, 3.8) is 0 Å². The second kappa shape index (κ2) is 9.43. The minimum absolute atomic E-state index is 0.0632. The summed E-state index contributed by atoms with van der Waals surface area (Å²) in [5, 5.41) is 2.40. The van der Waals surface area contributed by atoms with Gasteiger partial charge in [-0.3, -0.25) is 30.2 Å². The van der Waals surface area contributed by atoms with Gasteiger partial charge in [-0.25, -0.2) is 9.78 Å². The third kappa shape index (κ3) is 4.90. The van der Waals surface area contributed by atoms with Crippen LogP contribution in [0.4, 0.5) is 16.2 Å². The zero-order valence-corrected chi connectivity index (χ0v) is 16.8. The highest BCUT2D eigenvalue weighted by molar-refractivity contribution is 5.95. The third-order valence-corrected chi connectivity index (χ3v) is 4.51. The van der Waals surface area contributed by atoms with Crippen LogP contribution in [0.25, 0.3) is 5.65 Å². The van der Waals surface area contributed by atoms with Crippen molar-refractivity contribution in [2.24, 2.45) is 0 Å². The molecular weight excluding hydrogens is 410 g/mol. The van der Waals surface area contributed by atoms with Gasteiger partial charge in [-0.15, -0.1) is 0 Å². The van der Waals surface area contributed by atoms with E-state index in [0.29, 0.717) is 11.3 Å². The van der Waals surface area contributed by atoms with Crippen molar-refractivity contribution in [1.82, 2.24) is 14.8 Å². The van der Waals surface area contributed by atoms with Crippen LogP contribution in [0.2, 0.25) is 0 Å². The van der Waals surface area contributed by atoms with Crippen molar-refractivity contribution in [2.45, 2.75) is 6.61 Å². The first-order valence-electron chi connectivity index (χ1n) is 9.71. The minimum Gasteiger partial charge on any atom is -0.444 e. The first-order valence-corrected chi connectivity index (χ1v) is 9.71. The molecule has 3 N–H and O–H groups in total. The van der Waals surface area contributed by atoms with Gasteiger partial charge in [0.15, 0.2) is 0 Å². The summed E-state index contributed by atoms with van der Waals surface area (Å²) in [5.74, 6) is -0.441. The number of hydrazine groups is 1. The Balaban J connectivity index is 1.46. The average Bonchev–Trinajstić information content (AvgIpc) is 2.84. The van der Waals surface area contributed by atoms with Gasteiger partial charge < -0.3 is 4.74 Å². The number of hydrogen-bond donors (Lipinski definition) is 3. The molecule has 2 aromatic carbocycles. The van der Waals surface area contributed by atoms with Crippen molar-refractivity contribution in [3.8, 4) is 0 Å². The molecule has 0 aliphatic heterocycles. The number of pyridine rings is 1. The normalized spacial score (nSPS) is 10.4. The van der Waals surface area contributed by atoms with Crippen LogP contribution in [0.5, 0.6) is 0 Å². The molecule has 2 aromatic heterocycles. The fourth-order valence-corrected chi connectivity index (χ4v) is 2.89. The van der Waals surface area contributed by atoms with E-state index in [1.807, 2.05) is 48.5 Å². The van der Waals surface area contributed by atoms with Crippen molar-refractivity contribution >= 4 is 29.0 Å². The predicted octanol–water partition coefficient (Wildman–Crippen LogP) is 3.20. The Morgan fingerprint density at radius 2 is 1.66 bits per heavy atom. The number of amides is 2. The molecule has 0 atom stereocenters. The van der Waals surface area contributed by atoms with Crippen molar-refractivity contribution in [2.75, 3.05) is 10.7 Å². The number of anilines is 2. The lowest BCUT2D eigenvalue weighted by atomic mass is 10.2. The molecule has 0 saturated heterocycles. The molecule has 0 unspecified atom stereocenters. The predicted molar refractivity (Wildman–Crippen MR) is 119 cm³/mol. The Labute approximate surface area is 182 Å². The Bertz CT molecular complexity index is 1310. The van der Waals surface area contributed by atoms with Gasteiger partial charge in [-0.2, -0.15) is 0 Å². The quantitative estimate of drug-likeness (QED) is 0.406. The second-order valence-electron chi connectivity index (χ2n) is 6.75. The highest BCUT2D eigenvalue weighted by Gasteiger charge is 2.12. The summed E-state index contributed by atoms with van der Waals surface area (Å²) < 4.78 is 6.32. The lowest BCUT2D eigenvalue weighted by Gasteiger charge is -2.10. The van der Waals surface area contributed by atoms with Crippen molar-refractivity contribution < 1.29 is 14.3 Å². The van der Waals surface area contributed by atoms with Crippen molar-refractivity contribution in [1.29, 1.82) is 0 Å². The molecule has 2 heterocycles. The number of hydrogen-bond acceptors (Lipinski definition) is 6. The zero-order valence-electron chi connectivity index (χ0n) is 16.8. The van der Waals surface area contributed by atoms with Gasteiger partial charge in [0.05, 0.1) is 17.4 Å². The van der Waals surface area contributed by atoms with Crippen LogP contribution in [0.15, 0.2) is 90.0 Å². The molecule has 0 radical (unpaired) electrons. The van der Waals surface area contributed by atoms with Crippen LogP contribution < -0.4 is 21.7 Å². The van der Waals surface area contributed by atoms with E-state index in [2.05, 4.69) is 21.2 Å². The maximum absolute atomic E-state index is 12.8. The minimum atomic E-state index is -0.784. The lowest BCUT2D eigenvalue weighted by Crippen LogP contribution is -2.30. The maximum atomic E-state index is 12.8. The molecule has 0 aliphatic rings. The zero-order chi connectivity index (χ0) is 22.3.